The normalized spacial score (nSPS) is 21.2. The molecule has 0 radical (unpaired) electrons. The van der Waals surface area contributed by atoms with Crippen LogP contribution in [-0.2, 0) is 19.8 Å². The highest BCUT2D eigenvalue weighted by atomic mass is 16.2. The maximum atomic E-state index is 13.1. The van der Waals surface area contributed by atoms with Gasteiger partial charge in [0.25, 0.3) is 11.8 Å². The third kappa shape index (κ3) is 2.66. The quantitative estimate of drug-likeness (QED) is 0.812. The van der Waals surface area contributed by atoms with Crippen LogP contribution in [0.4, 0.5) is 4.79 Å². The van der Waals surface area contributed by atoms with E-state index in [0.29, 0.717) is 12.1 Å². The largest absolute Gasteiger partial charge is 0.355 e. The smallest absolute Gasteiger partial charge is 0.333 e. The van der Waals surface area contributed by atoms with Gasteiger partial charge in [0.2, 0.25) is 5.91 Å². The highest BCUT2D eigenvalue weighted by molar-refractivity contribution is 6.23. The molecule has 0 aromatic heterocycles. The number of urea groups is 1. The number of carbonyl (C=O) groups is 4. The second-order valence-electron chi connectivity index (χ2n) is 5.62. The molecule has 128 valence electrons. The summed E-state index contributed by atoms with van der Waals surface area (Å²) in [5.41, 5.74) is -0.973. The van der Waals surface area contributed by atoms with Crippen LogP contribution in [0.5, 0.6) is 0 Å². The lowest BCUT2D eigenvalue weighted by Crippen LogP contribution is -2.67. The predicted octanol–water partition coefficient (Wildman–Crippen LogP) is 0.891. The monoisotopic (exact) mass is 331 g/mol. The van der Waals surface area contributed by atoms with Gasteiger partial charge in [0, 0.05) is 13.6 Å². The Morgan fingerprint density at radius 2 is 1.71 bits per heavy atom. The van der Waals surface area contributed by atoms with Crippen molar-refractivity contribution in [2.24, 2.45) is 0 Å². The van der Waals surface area contributed by atoms with Gasteiger partial charge in [-0.25, -0.2) is 4.79 Å². The number of rotatable bonds is 5. The third-order valence-corrected chi connectivity index (χ3v) is 4.27. The molecule has 5 amide bonds. The number of likely N-dealkylation sites (N-methyl/N-ethyl adjacent to an activating group) is 2. The number of barbiturate groups is 1. The zero-order valence-electron chi connectivity index (χ0n) is 14.0. The second-order valence-corrected chi connectivity index (χ2v) is 5.62. The van der Waals surface area contributed by atoms with Crippen molar-refractivity contribution in [2.45, 2.75) is 25.7 Å². The van der Waals surface area contributed by atoms with Crippen LogP contribution in [-0.4, -0.2) is 53.7 Å². The summed E-state index contributed by atoms with van der Waals surface area (Å²) >= 11 is 0. The predicted molar refractivity (Wildman–Crippen MR) is 87.0 cm³/mol. The van der Waals surface area contributed by atoms with E-state index in [-0.39, 0.29) is 6.42 Å². The molecule has 1 aliphatic rings. The molecule has 7 heteroatoms. The molecule has 24 heavy (non-hydrogen) atoms. The van der Waals surface area contributed by atoms with Crippen LogP contribution in [0, 0.1) is 0 Å². The van der Waals surface area contributed by atoms with Crippen molar-refractivity contribution in [3.63, 3.8) is 0 Å². The number of nitrogens with one attached hydrogen (secondary N) is 1. The van der Waals surface area contributed by atoms with Gasteiger partial charge in [-0.1, -0.05) is 37.3 Å². The van der Waals surface area contributed by atoms with Crippen molar-refractivity contribution in [1.82, 2.24) is 15.1 Å². The first-order chi connectivity index (χ1) is 11.4. The first kappa shape index (κ1) is 17.7. The van der Waals surface area contributed by atoms with Crippen molar-refractivity contribution < 1.29 is 19.2 Å². The van der Waals surface area contributed by atoms with Crippen molar-refractivity contribution in [1.29, 1.82) is 0 Å². The highest BCUT2D eigenvalue weighted by Gasteiger charge is 2.56. The van der Waals surface area contributed by atoms with E-state index in [2.05, 4.69) is 5.32 Å². The van der Waals surface area contributed by atoms with Crippen LogP contribution < -0.4 is 5.32 Å². The van der Waals surface area contributed by atoms with Gasteiger partial charge in [0.15, 0.2) is 5.41 Å². The van der Waals surface area contributed by atoms with Gasteiger partial charge >= 0.3 is 6.03 Å². The fourth-order valence-corrected chi connectivity index (χ4v) is 2.98. The second kappa shape index (κ2) is 6.82. The van der Waals surface area contributed by atoms with Crippen LogP contribution in [0.15, 0.2) is 30.3 Å². The summed E-state index contributed by atoms with van der Waals surface area (Å²) < 4.78 is 0. The van der Waals surface area contributed by atoms with E-state index >= 15 is 0 Å². The molecule has 1 atom stereocenters. The first-order valence-electron chi connectivity index (χ1n) is 7.86. The Kier molecular flexibility index (Phi) is 5.02. The van der Waals surface area contributed by atoms with E-state index in [1.54, 1.807) is 44.2 Å². The van der Waals surface area contributed by atoms with Gasteiger partial charge in [-0.2, -0.15) is 0 Å². The summed E-state index contributed by atoms with van der Waals surface area (Å²) in [4.78, 5) is 51.9. The molecule has 0 unspecified atom stereocenters. The SMILES string of the molecule is CCNC(=O)CN1C(=O)N(C)C(=O)[C@@](CC)(c2ccccc2)C1=O. The molecule has 1 aromatic rings. The van der Waals surface area contributed by atoms with Crippen LogP contribution in [0.1, 0.15) is 25.8 Å². The van der Waals surface area contributed by atoms with Crippen molar-refractivity contribution >= 4 is 23.8 Å². The molecular formula is C17H21N3O4. The highest BCUT2D eigenvalue weighted by Crippen LogP contribution is 2.36. The van der Waals surface area contributed by atoms with Crippen LogP contribution in [0.25, 0.3) is 0 Å². The van der Waals surface area contributed by atoms with E-state index in [4.69, 9.17) is 0 Å². The fourth-order valence-electron chi connectivity index (χ4n) is 2.98. The summed E-state index contributed by atoms with van der Waals surface area (Å²) in [5.74, 6) is -1.67. The van der Waals surface area contributed by atoms with Gasteiger partial charge in [0.05, 0.1) is 0 Å². The average molecular weight is 331 g/mol. The molecule has 1 heterocycles. The number of hydrogen-bond acceptors (Lipinski definition) is 4. The molecule has 0 aliphatic carbocycles. The lowest BCUT2D eigenvalue weighted by molar-refractivity contribution is -0.153. The molecular weight excluding hydrogens is 310 g/mol. The molecule has 2 rings (SSSR count). The number of amides is 5. The standard InChI is InChI=1S/C17H21N3O4/c1-4-17(12-9-7-6-8-10-12)14(22)19(3)16(24)20(15(17)23)11-13(21)18-5-2/h6-10H,4-5,11H2,1-3H3,(H,18,21)/t17-/m1/s1. The van der Waals surface area contributed by atoms with E-state index < -0.39 is 35.7 Å². The van der Waals surface area contributed by atoms with Crippen LogP contribution in [0.3, 0.4) is 0 Å². The first-order valence-corrected chi connectivity index (χ1v) is 7.86. The van der Waals surface area contributed by atoms with Gasteiger partial charge in [-0.05, 0) is 18.9 Å². The molecule has 1 aromatic carbocycles. The molecule has 7 nitrogen and oxygen atoms in total. The molecule has 0 bridgehead atoms. The number of carbonyl (C=O) groups excluding carboxylic acids is 4. The Bertz CT molecular complexity index is 674. The Morgan fingerprint density at radius 3 is 2.25 bits per heavy atom. The van der Waals surface area contributed by atoms with E-state index in [1.165, 1.54) is 7.05 Å². The third-order valence-electron chi connectivity index (χ3n) is 4.27. The summed E-state index contributed by atoms with van der Waals surface area (Å²) in [5, 5.41) is 2.56. The van der Waals surface area contributed by atoms with Gasteiger partial charge in [0.1, 0.15) is 6.54 Å². The number of benzene rings is 1. The van der Waals surface area contributed by atoms with Crippen molar-refractivity contribution in [2.75, 3.05) is 20.1 Å². The van der Waals surface area contributed by atoms with Gasteiger partial charge in [-0.15, -0.1) is 0 Å². The number of imide groups is 2. The molecule has 0 saturated carbocycles. The number of hydrogen-bond donors (Lipinski definition) is 1. The average Bonchev–Trinajstić information content (AvgIpc) is 2.59. The molecule has 1 N–H and O–H groups in total. The summed E-state index contributed by atoms with van der Waals surface area (Å²) in [7, 11) is 1.33. The molecule has 1 fully saturated rings. The zero-order chi connectivity index (χ0) is 17.9. The summed E-state index contributed by atoms with van der Waals surface area (Å²) in [6.45, 7) is 3.45. The molecule has 0 spiro atoms. The molecule has 1 aliphatic heterocycles. The van der Waals surface area contributed by atoms with Crippen molar-refractivity contribution in [3.8, 4) is 0 Å². The van der Waals surface area contributed by atoms with E-state index in [0.717, 1.165) is 9.80 Å². The topological polar surface area (TPSA) is 86.8 Å². The Balaban J connectivity index is 2.50. The summed E-state index contributed by atoms with van der Waals surface area (Å²) in [6, 6.07) is 7.85. The molecule has 1 saturated heterocycles. The lowest BCUT2D eigenvalue weighted by atomic mass is 9.74. The van der Waals surface area contributed by atoms with Gasteiger partial charge < -0.3 is 5.32 Å². The Labute approximate surface area is 140 Å². The fraction of sp³-hybridized carbons (Fsp3) is 0.412. The van der Waals surface area contributed by atoms with Crippen molar-refractivity contribution in [3.05, 3.63) is 35.9 Å². The minimum Gasteiger partial charge on any atom is -0.355 e. The van der Waals surface area contributed by atoms with Crippen LogP contribution >= 0.6 is 0 Å². The van der Waals surface area contributed by atoms with E-state index in [1.807, 2.05) is 0 Å². The lowest BCUT2D eigenvalue weighted by Gasteiger charge is -2.42. The number of nitrogens with zero attached hydrogens (tertiary/aromatic N) is 2. The Hall–Kier alpha value is -2.70. The van der Waals surface area contributed by atoms with Gasteiger partial charge in [-0.3, -0.25) is 24.2 Å². The van der Waals surface area contributed by atoms with Crippen LogP contribution in [0.2, 0.25) is 0 Å². The zero-order valence-corrected chi connectivity index (χ0v) is 14.0. The minimum atomic E-state index is -1.49. The van der Waals surface area contributed by atoms with E-state index in [9.17, 15) is 19.2 Å². The maximum absolute atomic E-state index is 13.1. The summed E-state index contributed by atoms with van der Waals surface area (Å²) in [6.07, 6.45) is 0.193. The Morgan fingerprint density at radius 1 is 1.08 bits per heavy atom. The maximum Gasteiger partial charge on any atom is 0.333 e. The minimum absolute atomic E-state index is 0.193.